The lowest BCUT2D eigenvalue weighted by Crippen LogP contribution is -2.27. The molecule has 6 heteroatoms. The fraction of sp³-hybridized carbons (Fsp3) is 0.700. The van der Waals surface area contributed by atoms with E-state index in [1.165, 1.54) is 26.4 Å². The van der Waals surface area contributed by atoms with Crippen LogP contribution in [-0.2, 0) is 15.9 Å². The van der Waals surface area contributed by atoms with E-state index in [4.69, 9.17) is 9.47 Å². The van der Waals surface area contributed by atoms with E-state index >= 15 is 0 Å². The van der Waals surface area contributed by atoms with Gasteiger partial charge in [-0.2, -0.15) is 0 Å². The van der Waals surface area contributed by atoms with Crippen molar-refractivity contribution in [2.45, 2.75) is 71.3 Å². The molecule has 1 aliphatic carbocycles. The molecule has 1 heterocycles. The van der Waals surface area contributed by atoms with Gasteiger partial charge in [-0.1, -0.05) is 32.6 Å². The number of nitrogens with one attached hydrogen (secondary N) is 2. The molecule has 0 radical (unpaired) electrons. The predicted octanol–water partition coefficient (Wildman–Crippen LogP) is 3.53. The fourth-order valence-electron chi connectivity index (χ4n) is 3.59. The molecule has 146 valence electrons. The second-order valence-electron chi connectivity index (χ2n) is 6.96. The molecule has 2 N–H and O–H groups in total. The van der Waals surface area contributed by atoms with Crippen LogP contribution in [0.2, 0.25) is 0 Å². The Morgan fingerprint density at radius 2 is 1.96 bits per heavy atom. The lowest BCUT2D eigenvalue weighted by Gasteiger charge is -2.21. The highest BCUT2D eigenvalue weighted by atomic mass is 16.5. The van der Waals surface area contributed by atoms with Gasteiger partial charge < -0.3 is 19.8 Å². The number of ether oxygens (including phenoxy) is 2. The molecular formula is C20H32N2O4. The van der Waals surface area contributed by atoms with E-state index < -0.39 is 5.97 Å². The highest BCUT2D eigenvalue weighted by Crippen LogP contribution is 2.22. The first kappa shape index (κ1) is 20.5. The van der Waals surface area contributed by atoms with Crippen molar-refractivity contribution >= 4 is 11.9 Å². The van der Waals surface area contributed by atoms with E-state index in [0.29, 0.717) is 42.6 Å². The molecule has 0 unspecified atom stereocenters. The van der Waals surface area contributed by atoms with Crippen LogP contribution in [0.25, 0.3) is 0 Å². The molecule has 0 saturated heterocycles. The number of aromatic nitrogens is 1. The summed E-state index contributed by atoms with van der Waals surface area (Å²) in [6.07, 6.45) is 8.83. The normalized spacial score (nSPS) is 15.0. The maximum atomic E-state index is 12.5. The molecule has 0 spiro atoms. The molecular weight excluding hydrogens is 332 g/mol. The summed E-state index contributed by atoms with van der Waals surface area (Å²) in [6.45, 7) is 5.04. The van der Waals surface area contributed by atoms with Gasteiger partial charge >= 0.3 is 5.97 Å². The predicted molar refractivity (Wildman–Crippen MR) is 101 cm³/mol. The van der Waals surface area contributed by atoms with Crippen LogP contribution in [0.4, 0.5) is 0 Å². The topological polar surface area (TPSA) is 80.4 Å². The van der Waals surface area contributed by atoms with Crippen molar-refractivity contribution in [3.05, 3.63) is 22.5 Å². The number of esters is 1. The first-order valence-electron chi connectivity index (χ1n) is 9.78. The van der Waals surface area contributed by atoms with Crippen molar-refractivity contribution in [1.29, 1.82) is 0 Å². The van der Waals surface area contributed by atoms with Gasteiger partial charge in [0.15, 0.2) is 0 Å². The zero-order valence-corrected chi connectivity index (χ0v) is 16.3. The van der Waals surface area contributed by atoms with Crippen LogP contribution < -0.4 is 5.32 Å². The minimum atomic E-state index is -0.401. The SMILES string of the molecule is CCCc1c(C(=O)NCCCOC2CCCCC2)[nH]c(C)c1C(=O)OC. The number of aryl methyl sites for hydroxylation is 1. The van der Waals surface area contributed by atoms with Crippen molar-refractivity contribution in [2.75, 3.05) is 20.3 Å². The van der Waals surface area contributed by atoms with Crippen molar-refractivity contribution < 1.29 is 19.1 Å². The maximum Gasteiger partial charge on any atom is 0.339 e. The second-order valence-corrected chi connectivity index (χ2v) is 6.96. The van der Waals surface area contributed by atoms with Crippen molar-refractivity contribution in [3.8, 4) is 0 Å². The Hall–Kier alpha value is -1.82. The first-order valence-corrected chi connectivity index (χ1v) is 9.78. The molecule has 1 amide bonds. The Balaban J connectivity index is 1.87. The summed E-state index contributed by atoms with van der Waals surface area (Å²) in [5, 5.41) is 2.93. The number of carbonyl (C=O) groups is 2. The summed E-state index contributed by atoms with van der Waals surface area (Å²) >= 11 is 0. The van der Waals surface area contributed by atoms with E-state index in [-0.39, 0.29) is 5.91 Å². The summed E-state index contributed by atoms with van der Waals surface area (Å²) in [4.78, 5) is 27.6. The summed E-state index contributed by atoms with van der Waals surface area (Å²) in [7, 11) is 1.36. The van der Waals surface area contributed by atoms with Gasteiger partial charge in [-0.3, -0.25) is 4.79 Å². The zero-order chi connectivity index (χ0) is 18.9. The molecule has 1 fully saturated rings. The highest BCUT2D eigenvalue weighted by molar-refractivity contribution is 6.00. The molecule has 0 aliphatic heterocycles. The zero-order valence-electron chi connectivity index (χ0n) is 16.3. The lowest BCUT2D eigenvalue weighted by molar-refractivity contribution is 0.0273. The van der Waals surface area contributed by atoms with Gasteiger partial charge in [0.05, 0.1) is 18.8 Å². The van der Waals surface area contributed by atoms with Gasteiger partial charge in [0, 0.05) is 18.8 Å². The molecule has 0 bridgehead atoms. The molecule has 1 aliphatic rings. The number of rotatable bonds is 9. The minimum absolute atomic E-state index is 0.177. The van der Waals surface area contributed by atoms with Gasteiger partial charge in [0.1, 0.15) is 5.69 Å². The smallest absolute Gasteiger partial charge is 0.339 e. The first-order chi connectivity index (χ1) is 12.6. The minimum Gasteiger partial charge on any atom is -0.465 e. The molecule has 2 rings (SSSR count). The average Bonchev–Trinajstić information content (AvgIpc) is 2.98. The number of hydrogen-bond donors (Lipinski definition) is 2. The van der Waals surface area contributed by atoms with Crippen molar-refractivity contribution in [3.63, 3.8) is 0 Å². The Morgan fingerprint density at radius 1 is 1.23 bits per heavy atom. The Labute approximate surface area is 156 Å². The van der Waals surface area contributed by atoms with E-state index in [2.05, 4.69) is 10.3 Å². The van der Waals surface area contributed by atoms with E-state index in [1.807, 2.05) is 6.92 Å². The third kappa shape index (κ3) is 5.34. The standard InChI is InChI=1S/C20H32N2O4/c1-4-9-16-17(20(24)25-3)14(2)22-18(16)19(23)21-12-8-13-26-15-10-6-5-7-11-15/h15,22H,4-13H2,1-3H3,(H,21,23). The van der Waals surface area contributed by atoms with Gasteiger partial charge in [0.25, 0.3) is 5.91 Å². The monoisotopic (exact) mass is 364 g/mol. The molecule has 0 atom stereocenters. The van der Waals surface area contributed by atoms with Crippen LogP contribution in [-0.4, -0.2) is 43.2 Å². The molecule has 26 heavy (non-hydrogen) atoms. The van der Waals surface area contributed by atoms with Gasteiger partial charge in [-0.25, -0.2) is 4.79 Å². The maximum absolute atomic E-state index is 12.5. The number of carbonyl (C=O) groups excluding carboxylic acids is 2. The highest BCUT2D eigenvalue weighted by Gasteiger charge is 2.24. The van der Waals surface area contributed by atoms with Crippen LogP contribution in [0.1, 0.15) is 84.0 Å². The third-order valence-electron chi connectivity index (χ3n) is 4.92. The lowest BCUT2D eigenvalue weighted by atomic mass is 9.98. The molecule has 1 aromatic heterocycles. The summed E-state index contributed by atoms with van der Waals surface area (Å²) < 4.78 is 10.7. The van der Waals surface area contributed by atoms with Crippen LogP contribution in [0.15, 0.2) is 0 Å². The Bertz CT molecular complexity index is 603. The molecule has 1 saturated carbocycles. The second kappa shape index (κ2) is 10.4. The van der Waals surface area contributed by atoms with Crippen LogP contribution in [0, 0.1) is 6.92 Å². The largest absolute Gasteiger partial charge is 0.465 e. The van der Waals surface area contributed by atoms with Crippen LogP contribution in [0.5, 0.6) is 0 Å². The van der Waals surface area contributed by atoms with Gasteiger partial charge in [-0.15, -0.1) is 0 Å². The summed E-state index contributed by atoms with van der Waals surface area (Å²) in [6, 6.07) is 0. The number of amides is 1. The number of aromatic amines is 1. The fourth-order valence-corrected chi connectivity index (χ4v) is 3.59. The third-order valence-corrected chi connectivity index (χ3v) is 4.92. The molecule has 0 aromatic carbocycles. The van der Waals surface area contributed by atoms with Crippen LogP contribution in [0.3, 0.4) is 0 Å². The number of methoxy groups -OCH3 is 1. The van der Waals surface area contributed by atoms with Crippen molar-refractivity contribution in [1.82, 2.24) is 10.3 Å². The molecule has 6 nitrogen and oxygen atoms in total. The van der Waals surface area contributed by atoms with E-state index in [1.54, 1.807) is 6.92 Å². The van der Waals surface area contributed by atoms with E-state index in [0.717, 1.165) is 31.2 Å². The number of H-pyrrole nitrogens is 1. The summed E-state index contributed by atoms with van der Waals surface area (Å²) in [5.74, 6) is -0.577. The van der Waals surface area contributed by atoms with Crippen LogP contribution >= 0.6 is 0 Å². The molecule has 1 aromatic rings. The summed E-state index contributed by atoms with van der Waals surface area (Å²) in [5.41, 5.74) is 2.37. The Morgan fingerprint density at radius 3 is 2.62 bits per heavy atom. The average molecular weight is 364 g/mol. The van der Waals surface area contributed by atoms with Gasteiger partial charge in [0.2, 0.25) is 0 Å². The van der Waals surface area contributed by atoms with Crippen molar-refractivity contribution in [2.24, 2.45) is 0 Å². The van der Waals surface area contributed by atoms with Gasteiger partial charge in [-0.05, 0) is 38.2 Å². The van der Waals surface area contributed by atoms with E-state index in [9.17, 15) is 9.59 Å². The number of hydrogen-bond acceptors (Lipinski definition) is 4. The quantitative estimate of drug-likeness (QED) is 0.519. The Kier molecular flexibility index (Phi) is 8.16.